The largest absolute Gasteiger partial charge is 0.347 e. The summed E-state index contributed by atoms with van der Waals surface area (Å²) in [5.74, 6) is 0.556. The molecule has 182 valence electrons. The Balaban J connectivity index is 1.52. The van der Waals surface area contributed by atoms with Crippen LogP contribution in [0.1, 0.15) is 50.6 Å². The van der Waals surface area contributed by atoms with E-state index in [1.54, 1.807) is 12.1 Å². The fraction of sp³-hybridized carbons (Fsp3) is 0.400. The normalized spacial score (nSPS) is 11.9. The van der Waals surface area contributed by atoms with Gasteiger partial charge in [0.05, 0.1) is 18.5 Å². The van der Waals surface area contributed by atoms with E-state index in [2.05, 4.69) is 36.2 Å². The van der Waals surface area contributed by atoms with Gasteiger partial charge in [0.2, 0.25) is 27.6 Å². The molecule has 0 aliphatic carbocycles. The van der Waals surface area contributed by atoms with Crippen LogP contribution in [-0.4, -0.2) is 37.3 Å². The van der Waals surface area contributed by atoms with Crippen LogP contribution in [0.25, 0.3) is 11.4 Å². The summed E-state index contributed by atoms with van der Waals surface area (Å²) in [6, 6.07) is 15.3. The molecule has 0 atom stereocenters. The first-order valence-electron chi connectivity index (χ1n) is 11.2. The molecule has 3 aromatic rings. The number of amides is 1. The average molecular weight is 485 g/mol. The maximum absolute atomic E-state index is 12.3. The maximum atomic E-state index is 12.3. The highest BCUT2D eigenvalue weighted by molar-refractivity contribution is 7.92. The van der Waals surface area contributed by atoms with Crippen LogP contribution in [0, 0.1) is 6.92 Å². The van der Waals surface area contributed by atoms with E-state index in [9.17, 15) is 13.2 Å². The lowest BCUT2D eigenvalue weighted by Crippen LogP contribution is -2.32. The molecule has 1 heterocycles. The van der Waals surface area contributed by atoms with Crippen molar-refractivity contribution in [3.63, 3.8) is 0 Å². The number of hydrogen-bond acceptors (Lipinski definition) is 6. The van der Waals surface area contributed by atoms with E-state index in [4.69, 9.17) is 4.52 Å². The number of sulfonamides is 1. The molecule has 2 aromatic carbocycles. The molecule has 0 unspecified atom stereocenters. The molecule has 8 nitrogen and oxygen atoms in total. The van der Waals surface area contributed by atoms with Crippen molar-refractivity contribution in [1.82, 2.24) is 15.5 Å². The summed E-state index contributed by atoms with van der Waals surface area (Å²) in [5, 5.41) is 6.75. The third kappa shape index (κ3) is 6.66. The number of anilines is 1. The van der Waals surface area contributed by atoms with Crippen molar-refractivity contribution < 1.29 is 17.7 Å². The monoisotopic (exact) mass is 484 g/mol. The lowest BCUT2D eigenvalue weighted by Gasteiger charge is -2.24. The van der Waals surface area contributed by atoms with Crippen molar-refractivity contribution in [2.24, 2.45) is 0 Å². The first kappa shape index (κ1) is 25.4. The number of nitrogens with zero attached hydrogens (tertiary/aromatic N) is 3. The van der Waals surface area contributed by atoms with Crippen LogP contribution in [0.4, 0.5) is 5.69 Å². The third-order valence-corrected chi connectivity index (χ3v) is 6.64. The van der Waals surface area contributed by atoms with Gasteiger partial charge in [-0.1, -0.05) is 68.4 Å². The summed E-state index contributed by atoms with van der Waals surface area (Å²) in [4.78, 5) is 16.6. The summed E-state index contributed by atoms with van der Waals surface area (Å²) in [5.41, 5.74) is 3.59. The smallest absolute Gasteiger partial charge is 0.246 e. The van der Waals surface area contributed by atoms with Gasteiger partial charge < -0.3 is 9.84 Å². The number of carbonyl (C=O) groups is 1. The number of nitrogens with one attached hydrogen (secondary N) is 1. The van der Waals surface area contributed by atoms with E-state index in [0.29, 0.717) is 23.8 Å². The van der Waals surface area contributed by atoms with E-state index in [1.165, 1.54) is 16.1 Å². The predicted octanol–water partition coefficient (Wildman–Crippen LogP) is 4.21. The van der Waals surface area contributed by atoms with Crippen molar-refractivity contribution in [1.29, 1.82) is 0 Å². The third-order valence-electron chi connectivity index (χ3n) is 5.46. The van der Waals surface area contributed by atoms with E-state index < -0.39 is 10.0 Å². The summed E-state index contributed by atoms with van der Waals surface area (Å²) in [7, 11) is -3.46. The molecule has 0 radical (unpaired) electrons. The molecular formula is C25H32N4O4S. The molecule has 9 heteroatoms. The molecule has 34 heavy (non-hydrogen) atoms. The average Bonchev–Trinajstić information content (AvgIpc) is 3.24. The van der Waals surface area contributed by atoms with E-state index in [0.717, 1.165) is 11.1 Å². The summed E-state index contributed by atoms with van der Waals surface area (Å²) >= 11 is 0. The Morgan fingerprint density at radius 3 is 2.38 bits per heavy atom. The summed E-state index contributed by atoms with van der Waals surface area (Å²) in [6.07, 6.45) is 1.72. The summed E-state index contributed by atoms with van der Waals surface area (Å²) < 4.78 is 31.1. The molecule has 0 fully saturated rings. The zero-order valence-electron chi connectivity index (χ0n) is 20.3. The molecule has 1 amide bonds. The second kappa shape index (κ2) is 10.4. The fourth-order valence-electron chi connectivity index (χ4n) is 3.52. The molecule has 0 bridgehead atoms. The van der Waals surface area contributed by atoms with Gasteiger partial charge in [-0.3, -0.25) is 9.10 Å². The zero-order valence-corrected chi connectivity index (χ0v) is 21.1. The number of para-hydroxylation sites is 1. The Hall–Kier alpha value is -3.20. The maximum Gasteiger partial charge on any atom is 0.246 e. The minimum absolute atomic E-state index is 0.0590. The SMILES string of the molecule is Cc1ccccc1N(CCCC(=O)NCc1nc(-c2ccc(C(C)(C)C)cc2)no1)S(C)(=O)=O. The molecule has 0 saturated heterocycles. The fourth-order valence-corrected chi connectivity index (χ4v) is 4.54. The van der Waals surface area contributed by atoms with Crippen LogP contribution in [-0.2, 0) is 26.8 Å². The number of aromatic nitrogens is 2. The quantitative estimate of drug-likeness (QED) is 0.488. The molecular weight excluding hydrogens is 452 g/mol. The molecule has 0 aliphatic heterocycles. The topological polar surface area (TPSA) is 105 Å². The highest BCUT2D eigenvalue weighted by Crippen LogP contribution is 2.25. The lowest BCUT2D eigenvalue weighted by atomic mass is 9.87. The molecule has 1 N–H and O–H groups in total. The van der Waals surface area contributed by atoms with E-state index in [1.807, 2.05) is 43.3 Å². The van der Waals surface area contributed by atoms with Crippen LogP contribution in [0.5, 0.6) is 0 Å². The number of benzene rings is 2. The molecule has 3 rings (SSSR count). The Morgan fingerprint density at radius 1 is 1.09 bits per heavy atom. The Bertz CT molecular complexity index is 1230. The lowest BCUT2D eigenvalue weighted by molar-refractivity contribution is -0.121. The van der Waals surface area contributed by atoms with Crippen LogP contribution < -0.4 is 9.62 Å². The highest BCUT2D eigenvalue weighted by atomic mass is 32.2. The van der Waals surface area contributed by atoms with Crippen molar-refractivity contribution in [2.75, 3.05) is 17.1 Å². The van der Waals surface area contributed by atoms with Gasteiger partial charge in [-0.25, -0.2) is 8.42 Å². The van der Waals surface area contributed by atoms with Crippen molar-refractivity contribution >= 4 is 21.6 Å². The van der Waals surface area contributed by atoms with Gasteiger partial charge in [-0.2, -0.15) is 4.98 Å². The van der Waals surface area contributed by atoms with Gasteiger partial charge in [0.25, 0.3) is 0 Å². The van der Waals surface area contributed by atoms with Gasteiger partial charge in [0, 0.05) is 18.5 Å². The molecule has 1 aromatic heterocycles. The second-order valence-electron chi connectivity index (χ2n) is 9.34. The second-order valence-corrected chi connectivity index (χ2v) is 11.2. The van der Waals surface area contributed by atoms with Crippen LogP contribution in [0.2, 0.25) is 0 Å². The Kier molecular flexibility index (Phi) is 7.76. The molecule has 0 spiro atoms. The van der Waals surface area contributed by atoms with Crippen molar-refractivity contribution in [3.8, 4) is 11.4 Å². The van der Waals surface area contributed by atoms with Crippen LogP contribution in [0.15, 0.2) is 53.1 Å². The van der Waals surface area contributed by atoms with Gasteiger partial charge in [-0.05, 0) is 36.0 Å². The van der Waals surface area contributed by atoms with Gasteiger partial charge in [0.1, 0.15) is 0 Å². The van der Waals surface area contributed by atoms with E-state index in [-0.39, 0.29) is 30.8 Å². The Morgan fingerprint density at radius 2 is 1.76 bits per heavy atom. The van der Waals surface area contributed by atoms with Crippen LogP contribution in [0.3, 0.4) is 0 Å². The van der Waals surface area contributed by atoms with Gasteiger partial charge in [-0.15, -0.1) is 0 Å². The zero-order chi connectivity index (χ0) is 24.9. The number of hydrogen-bond donors (Lipinski definition) is 1. The first-order chi connectivity index (χ1) is 15.9. The highest BCUT2D eigenvalue weighted by Gasteiger charge is 2.19. The van der Waals surface area contributed by atoms with Gasteiger partial charge >= 0.3 is 0 Å². The number of rotatable bonds is 9. The first-order valence-corrected chi connectivity index (χ1v) is 13.0. The standard InChI is InChI=1S/C25H32N4O4S/c1-18-9-6-7-10-21(18)29(34(5,31)32)16-8-11-22(30)26-17-23-27-24(28-33-23)19-12-14-20(15-13-19)25(2,3)4/h6-7,9-10,12-15H,8,11,16-17H2,1-5H3,(H,26,30). The molecule has 0 saturated carbocycles. The van der Waals surface area contributed by atoms with Crippen molar-refractivity contribution in [3.05, 3.63) is 65.5 Å². The predicted molar refractivity (Wildman–Crippen MR) is 133 cm³/mol. The number of aryl methyl sites for hydroxylation is 1. The minimum Gasteiger partial charge on any atom is -0.347 e. The van der Waals surface area contributed by atoms with Crippen molar-refractivity contribution in [2.45, 2.75) is 52.5 Å². The molecule has 0 aliphatic rings. The van der Waals surface area contributed by atoms with E-state index >= 15 is 0 Å². The van der Waals surface area contributed by atoms with Gasteiger partial charge in [0.15, 0.2) is 0 Å². The Labute approximate surface area is 201 Å². The summed E-state index contributed by atoms with van der Waals surface area (Å²) in [6.45, 7) is 8.64. The number of carbonyl (C=O) groups excluding carboxylic acids is 1. The van der Waals surface area contributed by atoms with Crippen LogP contribution >= 0.6 is 0 Å². The minimum atomic E-state index is -3.46.